The maximum absolute atomic E-state index is 12.0. The van der Waals surface area contributed by atoms with Gasteiger partial charge in [-0.1, -0.05) is 12.1 Å². The topological polar surface area (TPSA) is 59.6 Å². The third-order valence-corrected chi connectivity index (χ3v) is 3.74. The maximum atomic E-state index is 12.0. The van der Waals surface area contributed by atoms with E-state index >= 15 is 0 Å². The molecule has 3 rings (SSSR count). The first kappa shape index (κ1) is 13.2. The minimum atomic E-state index is -0.120. The Balaban J connectivity index is 1.49. The average molecular weight is 276 g/mol. The Morgan fingerprint density at radius 3 is 3.00 bits per heavy atom. The molecule has 0 aliphatic carbocycles. The molecule has 1 aromatic carbocycles. The van der Waals surface area contributed by atoms with Gasteiger partial charge >= 0.3 is 0 Å². The second-order valence-electron chi connectivity index (χ2n) is 5.29. The molecule has 0 radical (unpaired) electrons. The molecule has 1 fully saturated rings. The summed E-state index contributed by atoms with van der Waals surface area (Å²) in [6, 6.07) is 7.60. The Hall–Kier alpha value is -1.75. The first-order valence-corrected chi connectivity index (χ1v) is 7.20. The van der Waals surface area contributed by atoms with E-state index in [-0.39, 0.29) is 17.9 Å². The van der Waals surface area contributed by atoms with Crippen molar-refractivity contribution in [3.8, 4) is 11.5 Å². The van der Waals surface area contributed by atoms with Crippen LogP contribution in [0.4, 0.5) is 0 Å². The van der Waals surface area contributed by atoms with E-state index in [0.717, 1.165) is 37.4 Å². The first-order chi connectivity index (χ1) is 9.83. The fourth-order valence-electron chi connectivity index (χ4n) is 2.60. The number of fused-ring (bicyclic) bond motifs is 1. The highest BCUT2D eigenvalue weighted by atomic mass is 16.6. The van der Waals surface area contributed by atoms with Gasteiger partial charge in [-0.05, 0) is 31.5 Å². The molecule has 20 heavy (non-hydrogen) atoms. The van der Waals surface area contributed by atoms with Crippen molar-refractivity contribution in [3.05, 3.63) is 24.3 Å². The molecule has 1 unspecified atom stereocenters. The highest BCUT2D eigenvalue weighted by Gasteiger charge is 2.24. The summed E-state index contributed by atoms with van der Waals surface area (Å²) in [5.41, 5.74) is 0. The van der Waals surface area contributed by atoms with Gasteiger partial charge in [-0.25, -0.2) is 0 Å². The van der Waals surface area contributed by atoms with E-state index in [1.807, 2.05) is 24.3 Å². The summed E-state index contributed by atoms with van der Waals surface area (Å²) in [5, 5.41) is 6.22. The number of hydrogen-bond donors (Lipinski definition) is 2. The van der Waals surface area contributed by atoms with Gasteiger partial charge in [-0.3, -0.25) is 4.79 Å². The summed E-state index contributed by atoms with van der Waals surface area (Å²) in [6.07, 6.45) is 1.91. The minimum Gasteiger partial charge on any atom is -0.486 e. The summed E-state index contributed by atoms with van der Waals surface area (Å²) < 4.78 is 11.4. The van der Waals surface area contributed by atoms with E-state index in [1.54, 1.807) is 0 Å². The third kappa shape index (κ3) is 3.04. The lowest BCUT2D eigenvalue weighted by molar-refractivity contribution is -0.126. The van der Waals surface area contributed by atoms with Crippen LogP contribution in [0.25, 0.3) is 0 Å². The van der Waals surface area contributed by atoms with Crippen LogP contribution in [0.1, 0.15) is 12.8 Å². The molecule has 2 heterocycles. The average Bonchev–Trinajstić information content (AvgIpc) is 2.53. The van der Waals surface area contributed by atoms with Crippen molar-refractivity contribution in [1.82, 2.24) is 10.6 Å². The summed E-state index contributed by atoms with van der Waals surface area (Å²) in [6.45, 7) is 2.75. The van der Waals surface area contributed by atoms with E-state index in [4.69, 9.17) is 9.47 Å². The summed E-state index contributed by atoms with van der Waals surface area (Å²) in [4.78, 5) is 12.0. The fourth-order valence-corrected chi connectivity index (χ4v) is 2.60. The number of ether oxygens (including phenoxy) is 2. The molecular weight excluding hydrogens is 256 g/mol. The SMILES string of the molecule is O=C(NCC1COc2ccccc2O1)[C@@H]1CCCNC1. The number of carbonyl (C=O) groups excluding carboxylic acids is 1. The summed E-state index contributed by atoms with van der Waals surface area (Å²) in [7, 11) is 0. The lowest BCUT2D eigenvalue weighted by Crippen LogP contribution is -2.45. The zero-order chi connectivity index (χ0) is 13.8. The van der Waals surface area contributed by atoms with Crippen molar-refractivity contribution in [2.75, 3.05) is 26.2 Å². The molecule has 1 aromatic rings. The van der Waals surface area contributed by atoms with Crippen molar-refractivity contribution in [1.29, 1.82) is 0 Å². The number of carbonyl (C=O) groups is 1. The van der Waals surface area contributed by atoms with Crippen molar-refractivity contribution < 1.29 is 14.3 Å². The smallest absolute Gasteiger partial charge is 0.224 e. The predicted octanol–water partition coefficient (Wildman–Crippen LogP) is 0.942. The number of para-hydroxylation sites is 2. The van der Waals surface area contributed by atoms with Crippen LogP contribution in [-0.4, -0.2) is 38.3 Å². The molecule has 2 N–H and O–H groups in total. The van der Waals surface area contributed by atoms with Crippen molar-refractivity contribution >= 4 is 5.91 Å². The Morgan fingerprint density at radius 1 is 1.35 bits per heavy atom. The maximum Gasteiger partial charge on any atom is 0.224 e. The van der Waals surface area contributed by atoms with Gasteiger partial charge in [-0.15, -0.1) is 0 Å². The highest BCUT2D eigenvalue weighted by molar-refractivity contribution is 5.79. The Bertz CT molecular complexity index is 472. The van der Waals surface area contributed by atoms with Gasteiger partial charge in [0, 0.05) is 6.54 Å². The van der Waals surface area contributed by atoms with Crippen LogP contribution in [0, 0.1) is 5.92 Å². The molecule has 108 valence electrons. The molecule has 0 spiro atoms. The normalized spacial score (nSPS) is 25.0. The lowest BCUT2D eigenvalue weighted by Gasteiger charge is -2.28. The third-order valence-electron chi connectivity index (χ3n) is 3.74. The summed E-state index contributed by atoms with van der Waals surface area (Å²) in [5.74, 6) is 1.71. The van der Waals surface area contributed by atoms with Gasteiger partial charge in [0.2, 0.25) is 5.91 Å². The largest absolute Gasteiger partial charge is 0.486 e. The van der Waals surface area contributed by atoms with Crippen LogP contribution < -0.4 is 20.1 Å². The van der Waals surface area contributed by atoms with E-state index in [0.29, 0.717) is 13.2 Å². The Kier molecular flexibility index (Phi) is 4.06. The molecule has 5 heteroatoms. The van der Waals surface area contributed by atoms with Crippen LogP contribution in [0.5, 0.6) is 11.5 Å². The van der Waals surface area contributed by atoms with E-state index in [2.05, 4.69) is 10.6 Å². The molecule has 0 bridgehead atoms. The number of amides is 1. The van der Waals surface area contributed by atoms with Crippen LogP contribution >= 0.6 is 0 Å². The van der Waals surface area contributed by atoms with Gasteiger partial charge in [0.1, 0.15) is 12.7 Å². The minimum absolute atomic E-state index is 0.0838. The van der Waals surface area contributed by atoms with E-state index < -0.39 is 0 Å². The zero-order valence-corrected chi connectivity index (χ0v) is 11.4. The number of rotatable bonds is 3. The van der Waals surface area contributed by atoms with Gasteiger partial charge in [0.15, 0.2) is 11.5 Å². The van der Waals surface area contributed by atoms with Crippen molar-refractivity contribution in [2.24, 2.45) is 5.92 Å². The molecule has 2 aliphatic heterocycles. The van der Waals surface area contributed by atoms with Gasteiger partial charge in [-0.2, -0.15) is 0 Å². The molecule has 1 amide bonds. The standard InChI is InChI=1S/C15H20N2O3/c18-15(11-4-3-7-16-8-11)17-9-12-10-19-13-5-1-2-6-14(13)20-12/h1-2,5-6,11-12,16H,3-4,7-10H2,(H,17,18)/t11-,12?/m1/s1. The van der Waals surface area contributed by atoms with Gasteiger partial charge in [0.05, 0.1) is 12.5 Å². The monoisotopic (exact) mass is 276 g/mol. The molecule has 0 aromatic heterocycles. The lowest BCUT2D eigenvalue weighted by atomic mass is 9.99. The predicted molar refractivity (Wildman–Crippen MR) is 75.0 cm³/mol. The first-order valence-electron chi connectivity index (χ1n) is 7.20. The molecular formula is C15H20N2O3. The van der Waals surface area contributed by atoms with Crippen LogP contribution in [0.2, 0.25) is 0 Å². The number of nitrogens with one attached hydrogen (secondary N) is 2. The number of benzene rings is 1. The van der Waals surface area contributed by atoms with Crippen LogP contribution in [0.15, 0.2) is 24.3 Å². The van der Waals surface area contributed by atoms with Crippen LogP contribution in [0.3, 0.4) is 0 Å². The second-order valence-corrected chi connectivity index (χ2v) is 5.29. The van der Waals surface area contributed by atoms with E-state index in [9.17, 15) is 4.79 Å². The van der Waals surface area contributed by atoms with Crippen LogP contribution in [-0.2, 0) is 4.79 Å². The molecule has 1 saturated heterocycles. The second kappa shape index (κ2) is 6.13. The number of hydrogen-bond acceptors (Lipinski definition) is 4. The summed E-state index contributed by atoms with van der Waals surface area (Å²) >= 11 is 0. The fraction of sp³-hybridized carbons (Fsp3) is 0.533. The number of piperidine rings is 1. The van der Waals surface area contributed by atoms with Gasteiger partial charge in [0.25, 0.3) is 0 Å². The molecule has 2 atom stereocenters. The Morgan fingerprint density at radius 2 is 2.20 bits per heavy atom. The zero-order valence-electron chi connectivity index (χ0n) is 11.4. The quantitative estimate of drug-likeness (QED) is 0.862. The van der Waals surface area contributed by atoms with Crippen molar-refractivity contribution in [3.63, 3.8) is 0 Å². The van der Waals surface area contributed by atoms with Crippen molar-refractivity contribution in [2.45, 2.75) is 18.9 Å². The van der Waals surface area contributed by atoms with Gasteiger partial charge < -0.3 is 20.1 Å². The molecule has 2 aliphatic rings. The van der Waals surface area contributed by atoms with E-state index in [1.165, 1.54) is 0 Å². The highest BCUT2D eigenvalue weighted by Crippen LogP contribution is 2.30. The Labute approximate surface area is 118 Å². The molecule has 5 nitrogen and oxygen atoms in total. The molecule has 0 saturated carbocycles.